The van der Waals surface area contributed by atoms with E-state index in [1.807, 2.05) is 6.07 Å². The lowest BCUT2D eigenvalue weighted by atomic mass is 10.2. The summed E-state index contributed by atoms with van der Waals surface area (Å²) in [6.07, 6.45) is 0.929. The van der Waals surface area contributed by atoms with Crippen molar-refractivity contribution in [1.82, 2.24) is 19.7 Å². The molecule has 0 fully saturated rings. The summed E-state index contributed by atoms with van der Waals surface area (Å²) in [6.45, 7) is 0.305. The molecule has 0 radical (unpaired) electrons. The van der Waals surface area contributed by atoms with Gasteiger partial charge >= 0.3 is 6.18 Å². The first-order chi connectivity index (χ1) is 11.8. The number of carbonyl (C=O) groups excluding carboxylic acids is 1. The minimum absolute atomic E-state index is 0.0698. The highest BCUT2D eigenvalue weighted by molar-refractivity contribution is 6.33. The lowest BCUT2D eigenvalue weighted by molar-refractivity contribution is -0.137. The number of fused-ring (bicyclic) bond motifs is 1. The van der Waals surface area contributed by atoms with Crippen molar-refractivity contribution < 1.29 is 18.0 Å². The highest BCUT2D eigenvalue weighted by Gasteiger charge is 2.31. The van der Waals surface area contributed by atoms with Crippen LogP contribution >= 0.6 is 11.6 Å². The maximum atomic E-state index is 12.8. The van der Waals surface area contributed by atoms with E-state index in [2.05, 4.69) is 15.3 Å². The third-order valence-corrected chi connectivity index (χ3v) is 3.72. The fourth-order valence-corrected chi connectivity index (χ4v) is 2.54. The average molecular weight is 369 g/mol. The monoisotopic (exact) mass is 368 g/mol. The van der Waals surface area contributed by atoms with E-state index in [1.54, 1.807) is 18.5 Å². The van der Waals surface area contributed by atoms with Crippen LogP contribution in [-0.2, 0) is 23.9 Å². The Morgan fingerprint density at radius 2 is 2.12 bits per heavy atom. The second-order valence-electron chi connectivity index (χ2n) is 5.35. The van der Waals surface area contributed by atoms with Gasteiger partial charge < -0.3 is 9.72 Å². The third-order valence-electron chi connectivity index (χ3n) is 3.44. The predicted molar refractivity (Wildman–Crippen MR) is 85.0 cm³/mol. The fourth-order valence-electron chi connectivity index (χ4n) is 2.28. The number of amides is 1. The predicted octanol–water partition coefficient (Wildman–Crippen LogP) is 3.26. The molecule has 0 bridgehead atoms. The van der Waals surface area contributed by atoms with Crippen molar-refractivity contribution in [3.63, 3.8) is 0 Å². The lowest BCUT2D eigenvalue weighted by Gasteiger charge is -2.07. The summed E-state index contributed by atoms with van der Waals surface area (Å²) in [4.78, 5) is 20.0. The number of aromatic nitrogens is 3. The van der Waals surface area contributed by atoms with Gasteiger partial charge in [0, 0.05) is 31.3 Å². The van der Waals surface area contributed by atoms with E-state index in [9.17, 15) is 18.0 Å². The first kappa shape index (κ1) is 17.2. The number of nitrogens with one attached hydrogen (secondary N) is 1. The standard InChI is InChI=1S/C16H12ClF3N4O/c17-13-4-11(16(18,19)20)8-24-9-12(23-15(13)24)5-14(25)22-7-10-2-1-3-21-6-10/h1-4,6,8-9H,5,7H2,(H,22,25). The van der Waals surface area contributed by atoms with E-state index in [-0.39, 0.29) is 23.0 Å². The number of halogens is 4. The largest absolute Gasteiger partial charge is 0.417 e. The quantitative estimate of drug-likeness (QED) is 0.769. The van der Waals surface area contributed by atoms with E-state index in [0.717, 1.165) is 17.8 Å². The van der Waals surface area contributed by atoms with Gasteiger partial charge in [-0.05, 0) is 17.7 Å². The van der Waals surface area contributed by atoms with Gasteiger partial charge in [-0.25, -0.2) is 4.98 Å². The molecule has 3 aromatic rings. The molecule has 0 unspecified atom stereocenters. The Hall–Kier alpha value is -2.61. The fraction of sp³-hybridized carbons (Fsp3) is 0.188. The molecule has 3 rings (SSSR count). The normalized spacial score (nSPS) is 11.7. The van der Waals surface area contributed by atoms with Crippen molar-refractivity contribution >= 4 is 23.2 Å². The van der Waals surface area contributed by atoms with Crippen LogP contribution in [0.4, 0.5) is 13.2 Å². The molecule has 0 aliphatic heterocycles. The first-order valence-electron chi connectivity index (χ1n) is 7.23. The molecule has 9 heteroatoms. The second-order valence-corrected chi connectivity index (χ2v) is 5.76. The molecule has 25 heavy (non-hydrogen) atoms. The van der Waals surface area contributed by atoms with E-state index in [1.165, 1.54) is 10.6 Å². The van der Waals surface area contributed by atoms with Crippen LogP contribution in [0.15, 0.2) is 43.0 Å². The van der Waals surface area contributed by atoms with Gasteiger partial charge in [0.15, 0.2) is 5.65 Å². The van der Waals surface area contributed by atoms with E-state index >= 15 is 0 Å². The Morgan fingerprint density at radius 3 is 2.80 bits per heavy atom. The maximum absolute atomic E-state index is 12.8. The maximum Gasteiger partial charge on any atom is 0.417 e. The molecule has 130 valence electrons. The highest BCUT2D eigenvalue weighted by atomic mass is 35.5. The molecule has 3 aromatic heterocycles. The second kappa shape index (κ2) is 6.72. The van der Waals surface area contributed by atoms with Gasteiger partial charge in [-0.3, -0.25) is 9.78 Å². The summed E-state index contributed by atoms with van der Waals surface area (Å²) in [7, 11) is 0. The number of pyridine rings is 2. The summed E-state index contributed by atoms with van der Waals surface area (Å²) < 4.78 is 39.6. The minimum atomic E-state index is -4.51. The molecule has 1 N–H and O–H groups in total. The average Bonchev–Trinajstić information content (AvgIpc) is 2.96. The number of hydrogen-bond acceptors (Lipinski definition) is 3. The van der Waals surface area contributed by atoms with Crippen LogP contribution in [0.3, 0.4) is 0 Å². The number of hydrogen-bond donors (Lipinski definition) is 1. The van der Waals surface area contributed by atoms with Crippen LogP contribution in [0.5, 0.6) is 0 Å². The van der Waals surface area contributed by atoms with Gasteiger partial charge in [0.2, 0.25) is 5.91 Å². The van der Waals surface area contributed by atoms with E-state index in [4.69, 9.17) is 11.6 Å². The van der Waals surface area contributed by atoms with Gasteiger partial charge in [-0.2, -0.15) is 13.2 Å². The zero-order valence-corrected chi connectivity index (χ0v) is 13.5. The van der Waals surface area contributed by atoms with Gasteiger partial charge in [0.1, 0.15) is 0 Å². The summed E-state index contributed by atoms with van der Waals surface area (Å²) in [5.41, 5.74) is 0.452. The SMILES string of the molecule is O=C(Cc1cn2cc(C(F)(F)F)cc(Cl)c2n1)NCc1cccnc1. The van der Waals surface area contributed by atoms with Crippen LogP contribution in [0, 0.1) is 0 Å². The van der Waals surface area contributed by atoms with E-state index < -0.39 is 11.7 Å². The van der Waals surface area contributed by atoms with Crippen LogP contribution in [0.2, 0.25) is 5.02 Å². The Bertz CT molecular complexity index is 909. The summed E-state index contributed by atoms with van der Waals surface area (Å²) in [6, 6.07) is 4.39. The molecule has 0 spiro atoms. The number of imidazole rings is 1. The van der Waals surface area contributed by atoms with Gasteiger partial charge in [-0.1, -0.05) is 17.7 Å². The van der Waals surface area contributed by atoms with Gasteiger partial charge in [0.05, 0.1) is 22.7 Å². The van der Waals surface area contributed by atoms with Crippen LogP contribution < -0.4 is 5.32 Å². The molecular formula is C16H12ClF3N4O. The zero-order chi connectivity index (χ0) is 18.0. The minimum Gasteiger partial charge on any atom is -0.352 e. The number of nitrogens with zero attached hydrogens (tertiary/aromatic N) is 3. The first-order valence-corrected chi connectivity index (χ1v) is 7.60. The highest BCUT2D eigenvalue weighted by Crippen LogP contribution is 2.32. The molecule has 0 aliphatic carbocycles. The van der Waals surface area contributed by atoms with Crippen LogP contribution in [0.1, 0.15) is 16.8 Å². The topological polar surface area (TPSA) is 59.3 Å². The molecule has 0 atom stereocenters. The molecular weight excluding hydrogens is 357 g/mol. The van der Waals surface area contributed by atoms with Gasteiger partial charge in [-0.15, -0.1) is 0 Å². The summed E-state index contributed by atoms with van der Waals surface area (Å²) >= 11 is 5.87. The summed E-state index contributed by atoms with van der Waals surface area (Å²) in [5, 5.41) is 2.57. The van der Waals surface area contributed by atoms with Gasteiger partial charge in [0.25, 0.3) is 0 Å². The molecule has 3 heterocycles. The lowest BCUT2D eigenvalue weighted by Crippen LogP contribution is -2.24. The molecule has 5 nitrogen and oxygen atoms in total. The molecule has 0 saturated carbocycles. The molecule has 0 aromatic carbocycles. The van der Waals surface area contributed by atoms with Crippen molar-refractivity contribution in [3.8, 4) is 0 Å². The van der Waals surface area contributed by atoms with E-state index in [0.29, 0.717) is 12.2 Å². The molecule has 1 amide bonds. The van der Waals surface area contributed by atoms with Crippen molar-refractivity contribution in [2.45, 2.75) is 19.1 Å². The number of carbonyl (C=O) groups is 1. The third kappa shape index (κ3) is 4.08. The number of rotatable bonds is 4. The van der Waals surface area contributed by atoms with Crippen molar-refractivity contribution in [3.05, 3.63) is 64.8 Å². The smallest absolute Gasteiger partial charge is 0.352 e. The van der Waals surface area contributed by atoms with Crippen molar-refractivity contribution in [2.24, 2.45) is 0 Å². The molecule has 0 aliphatic rings. The van der Waals surface area contributed by atoms with Crippen LogP contribution in [0.25, 0.3) is 5.65 Å². The summed E-state index contributed by atoms with van der Waals surface area (Å²) in [5.74, 6) is -0.306. The van der Waals surface area contributed by atoms with Crippen molar-refractivity contribution in [2.75, 3.05) is 0 Å². The molecule has 0 saturated heterocycles. The Balaban J connectivity index is 1.73. The van der Waals surface area contributed by atoms with Crippen molar-refractivity contribution in [1.29, 1.82) is 0 Å². The number of alkyl halides is 3. The Labute approximate surface area is 145 Å². The Morgan fingerprint density at radius 1 is 1.32 bits per heavy atom. The van der Waals surface area contributed by atoms with Crippen LogP contribution in [-0.4, -0.2) is 20.3 Å². The Kier molecular flexibility index (Phi) is 4.63. The zero-order valence-electron chi connectivity index (χ0n) is 12.7.